The summed E-state index contributed by atoms with van der Waals surface area (Å²) >= 11 is 0. The third-order valence-electron chi connectivity index (χ3n) is 4.90. The van der Waals surface area contributed by atoms with Gasteiger partial charge in [-0.15, -0.1) is 12.4 Å². The van der Waals surface area contributed by atoms with Gasteiger partial charge in [0, 0.05) is 56.7 Å². The molecule has 0 spiro atoms. The van der Waals surface area contributed by atoms with Crippen molar-refractivity contribution in [3.63, 3.8) is 0 Å². The molecule has 2 aliphatic heterocycles. The molecule has 9 heteroatoms. The number of hydrogen-bond donors (Lipinski definition) is 3. The van der Waals surface area contributed by atoms with Gasteiger partial charge in [0.05, 0.1) is 17.9 Å². The molecule has 8 nitrogen and oxygen atoms in total. The number of H-pyrrole nitrogens is 2. The van der Waals surface area contributed by atoms with Crippen LogP contribution in [0.15, 0.2) is 10.9 Å². The molecular weight excluding hydrogens is 344 g/mol. The fourth-order valence-corrected chi connectivity index (χ4v) is 3.52. The minimum Gasteiger partial charge on any atom is -0.342 e. The van der Waals surface area contributed by atoms with Gasteiger partial charge in [0.25, 0.3) is 5.56 Å². The summed E-state index contributed by atoms with van der Waals surface area (Å²) in [6.45, 7) is 3.95. The molecule has 4 rings (SSSR count). The van der Waals surface area contributed by atoms with E-state index in [0.29, 0.717) is 38.8 Å². The van der Waals surface area contributed by atoms with E-state index in [-0.39, 0.29) is 23.9 Å². The lowest BCUT2D eigenvalue weighted by molar-refractivity contribution is -0.131. The van der Waals surface area contributed by atoms with Gasteiger partial charge in [-0.1, -0.05) is 0 Å². The second-order valence-corrected chi connectivity index (χ2v) is 6.44. The van der Waals surface area contributed by atoms with Crippen molar-refractivity contribution in [2.45, 2.75) is 38.8 Å². The van der Waals surface area contributed by atoms with Gasteiger partial charge < -0.3 is 15.3 Å². The van der Waals surface area contributed by atoms with Crippen molar-refractivity contribution in [3.05, 3.63) is 39.1 Å². The zero-order valence-electron chi connectivity index (χ0n) is 14.0. The highest BCUT2D eigenvalue weighted by molar-refractivity contribution is 5.85. The first-order chi connectivity index (χ1) is 11.7. The number of rotatable bonds is 3. The van der Waals surface area contributed by atoms with E-state index >= 15 is 0 Å². The van der Waals surface area contributed by atoms with Crippen molar-refractivity contribution in [2.24, 2.45) is 0 Å². The molecule has 0 saturated carbocycles. The first-order valence-corrected chi connectivity index (χ1v) is 8.53. The largest absolute Gasteiger partial charge is 0.342 e. The summed E-state index contributed by atoms with van der Waals surface area (Å²) in [5.74, 6) is 0.140. The molecule has 4 heterocycles. The van der Waals surface area contributed by atoms with Gasteiger partial charge in [0.1, 0.15) is 0 Å². The molecule has 0 aromatic carbocycles. The Balaban J connectivity index is 0.00000182. The quantitative estimate of drug-likeness (QED) is 0.711. The summed E-state index contributed by atoms with van der Waals surface area (Å²) in [7, 11) is 0. The lowest BCUT2D eigenvalue weighted by Crippen LogP contribution is -2.33. The second kappa shape index (κ2) is 7.45. The molecule has 2 aromatic heterocycles. The van der Waals surface area contributed by atoms with E-state index in [4.69, 9.17) is 0 Å². The highest BCUT2D eigenvalue weighted by Gasteiger charge is 2.21. The molecule has 0 bridgehead atoms. The molecule has 25 heavy (non-hydrogen) atoms. The lowest BCUT2D eigenvalue weighted by atomic mass is 10.1. The Morgan fingerprint density at radius 3 is 2.88 bits per heavy atom. The minimum atomic E-state index is -0.0588. The van der Waals surface area contributed by atoms with E-state index in [2.05, 4.69) is 26.7 Å². The molecule has 1 amide bonds. The number of aromatic amines is 2. The number of hydrogen-bond acceptors (Lipinski definition) is 4. The van der Waals surface area contributed by atoms with Crippen molar-refractivity contribution in [1.82, 2.24) is 30.2 Å². The lowest BCUT2D eigenvalue weighted by Gasteiger charge is -2.20. The van der Waals surface area contributed by atoms with Crippen LogP contribution < -0.4 is 10.9 Å². The maximum absolute atomic E-state index is 12.5. The Kier molecular flexibility index (Phi) is 5.29. The molecule has 2 aromatic rings. The molecule has 0 atom stereocenters. The second-order valence-electron chi connectivity index (χ2n) is 6.44. The summed E-state index contributed by atoms with van der Waals surface area (Å²) in [5, 5.41) is 13.4. The number of nitrogens with one attached hydrogen (secondary N) is 3. The number of aryl methyl sites for hydroxylation is 1. The van der Waals surface area contributed by atoms with E-state index in [9.17, 15) is 9.59 Å². The fraction of sp³-hybridized carbons (Fsp3) is 0.562. The summed E-state index contributed by atoms with van der Waals surface area (Å²) in [6.07, 6.45) is 2.45. The Morgan fingerprint density at radius 1 is 1.20 bits per heavy atom. The third kappa shape index (κ3) is 3.64. The fourth-order valence-electron chi connectivity index (χ4n) is 3.52. The molecule has 0 aliphatic carbocycles. The number of nitrogens with zero attached hydrogens (tertiary/aromatic N) is 3. The van der Waals surface area contributed by atoms with Gasteiger partial charge in [0.2, 0.25) is 5.91 Å². The van der Waals surface area contributed by atoms with Crippen molar-refractivity contribution in [3.8, 4) is 0 Å². The van der Waals surface area contributed by atoms with E-state index in [1.54, 1.807) is 0 Å². The van der Waals surface area contributed by atoms with Crippen LogP contribution in [-0.4, -0.2) is 50.4 Å². The molecular formula is C16H23ClN6O2. The first kappa shape index (κ1) is 17.8. The number of aromatic nitrogens is 4. The predicted molar refractivity (Wildman–Crippen MR) is 94.9 cm³/mol. The number of carbonyl (C=O) groups excluding carboxylic acids is 1. The molecule has 3 N–H and O–H groups in total. The molecule has 0 radical (unpaired) electrons. The van der Waals surface area contributed by atoms with Crippen LogP contribution in [0.1, 0.15) is 29.1 Å². The Bertz CT molecular complexity index is 784. The standard InChI is InChI=1S/C16H22N6O2.ClH/c23-15(2-1-11-9-12-10-17-5-8-22(12)20-11)21-6-3-13-14(4-7-21)18-19-16(13)24;/h9,17H,1-8,10H2,(H2,18,19,24);1H. The number of halogens is 1. The highest BCUT2D eigenvalue weighted by Crippen LogP contribution is 2.13. The summed E-state index contributed by atoms with van der Waals surface area (Å²) in [6, 6.07) is 2.09. The van der Waals surface area contributed by atoms with Crippen molar-refractivity contribution in [1.29, 1.82) is 0 Å². The Hall–Kier alpha value is -2.06. The molecule has 0 unspecified atom stereocenters. The topological polar surface area (TPSA) is 98.8 Å². The summed E-state index contributed by atoms with van der Waals surface area (Å²) < 4.78 is 2.03. The average molecular weight is 367 g/mol. The van der Waals surface area contributed by atoms with Crippen LogP contribution in [0.2, 0.25) is 0 Å². The third-order valence-corrected chi connectivity index (χ3v) is 4.90. The van der Waals surface area contributed by atoms with Crippen LogP contribution in [0.5, 0.6) is 0 Å². The monoisotopic (exact) mass is 366 g/mol. The van der Waals surface area contributed by atoms with Gasteiger partial charge in [0.15, 0.2) is 0 Å². The van der Waals surface area contributed by atoms with Gasteiger partial charge >= 0.3 is 0 Å². The molecule has 0 fully saturated rings. The van der Waals surface area contributed by atoms with Crippen LogP contribution in [0, 0.1) is 0 Å². The maximum atomic E-state index is 12.5. The summed E-state index contributed by atoms with van der Waals surface area (Å²) in [5.41, 5.74) is 3.84. The predicted octanol–water partition coefficient (Wildman–Crippen LogP) is -0.0155. The smallest absolute Gasteiger partial charge is 0.267 e. The van der Waals surface area contributed by atoms with Crippen molar-refractivity contribution < 1.29 is 4.79 Å². The first-order valence-electron chi connectivity index (χ1n) is 8.53. The van der Waals surface area contributed by atoms with Crippen LogP contribution in [-0.2, 0) is 37.1 Å². The highest BCUT2D eigenvalue weighted by atomic mass is 35.5. The van der Waals surface area contributed by atoms with E-state index < -0.39 is 0 Å². The Labute approximate surface area is 151 Å². The summed E-state index contributed by atoms with van der Waals surface area (Å²) in [4.78, 5) is 26.1. The van der Waals surface area contributed by atoms with E-state index in [1.165, 1.54) is 5.69 Å². The van der Waals surface area contributed by atoms with Crippen molar-refractivity contribution >= 4 is 18.3 Å². The van der Waals surface area contributed by atoms with Gasteiger partial charge in [-0.3, -0.25) is 19.4 Å². The molecule has 2 aliphatic rings. The normalized spacial score (nSPS) is 16.6. The SMILES string of the molecule is Cl.O=C(CCc1cc2n(n1)CCNC2)N1CCc2[nH][nH]c(=O)c2CC1. The Morgan fingerprint density at radius 2 is 2.04 bits per heavy atom. The van der Waals surface area contributed by atoms with Crippen LogP contribution in [0.4, 0.5) is 0 Å². The average Bonchev–Trinajstić information content (AvgIpc) is 3.09. The van der Waals surface area contributed by atoms with E-state index in [1.807, 2.05) is 9.58 Å². The van der Waals surface area contributed by atoms with Gasteiger partial charge in [-0.2, -0.15) is 5.10 Å². The van der Waals surface area contributed by atoms with Gasteiger partial charge in [-0.05, 0) is 12.5 Å². The van der Waals surface area contributed by atoms with Gasteiger partial charge in [-0.25, -0.2) is 0 Å². The number of amides is 1. The van der Waals surface area contributed by atoms with Crippen LogP contribution >= 0.6 is 12.4 Å². The van der Waals surface area contributed by atoms with Crippen LogP contribution in [0.25, 0.3) is 0 Å². The zero-order chi connectivity index (χ0) is 16.5. The van der Waals surface area contributed by atoms with E-state index in [0.717, 1.165) is 36.6 Å². The maximum Gasteiger partial charge on any atom is 0.267 e. The van der Waals surface area contributed by atoms with Crippen molar-refractivity contribution in [2.75, 3.05) is 19.6 Å². The van der Waals surface area contributed by atoms with Crippen LogP contribution in [0.3, 0.4) is 0 Å². The number of fused-ring (bicyclic) bond motifs is 2. The molecule has 136 valence electrons. The minimum absolute atomic E-state index is 0. The zero-order valence-corrected chi connectivity index (χ0v) is 14.8. The number of carbonyl (C=O) groups is 1. The molecule has 0 saturated heterocycles.